The average molecular weight is 367 g/mol. The van der Waals surface area contributed by atoms with Crippen LogP contribution in [0.1, 0.15) is 10.5 Å². The molecule has 0 spiro atoms. The van der Waals surface area contributed by atoms with Crippen LogP contribution in [0.4, 0.5) is 5.82 Å². The van der Waals surface area contributed by atoms with Crippen molar-refractivity contribution in [2.45, 2.75) is 0 Å². The summed E-state index contributed by atoms with van der Waals surface area (Å²) in [5.74, 6) is 1.66. The molecule has 0 unspecified atom stereocenters. The molecule has 11 heteroatoms. The van der Waals surface area contributed by atoms with Crippen LogP contribution in [0.15, 0.2) is 37.2 Å². The van der Waals surface area contributed by atoms with Crippen molar-refractivity contribution in [3.63, 3.8) is 0 Å². The molecule has 0 saturated carbocycles. The molecule has 0 radical (unpaired) electrons. The van der Waals surface area contributed by atoms with E-state index in [9.17, 15) is 4.79 Å². The lowest BCUT2D eigenvalue weighted by atomic mass is 10.2. The van der Waals surface area contributed by atoms with Crippen molar-refractivity contribution in [2.75, 3.05) is 38.2 Å². The van der Waals surface area contributed by atoms with E-state index in [1.54, 1.807) is 28.0 Å². The predicted molar refractivity (Wildman–Crippen MR) is 93.6 cm³/mol. The Kier molecular flexibility index (Phi) is 4.56. The third-order valence-corrected chi connectivity index (χ3v) is 4.25. The van der Waals surface area contributed by atoms with Gasteiger partial charge >= 0.3 is 0 Å². The van der Waals surface area contributed by atoms with Gasteiger partial charge in [-0.15, -0.1) is 10.2 Å². The zero-order chi connectivity index (χ0) is 18.6. The van der Waals surface area contributed by atoms with E-state index in [1.165, 1.54) is 19.8 Å². The number of carbonyl (C=O) groups is 1. The Labute approximate surface area is 154 Å². The minimum absolute atomic E-state index is 0.143. The van der Waals surface area contributed by atoms with Gasteiger partial charge in [-0.25, -0.2) is 19.6 Å². The number of rotatable bonds is 4. The molecule has 1 saturated heterocycles. The molecule has 1 fully saturated rings. The molecule has 4 rings (SSSR count). The van der Waals surface area contributed by atoms with Gasteiger partial charge in [-0.3, -0.25) is 4.79 Å². The zero-order valence-electron chi connectivity index (χ0n) is 14.6. The Bertz CT molecular complexity index is 906. The summed E-state index contributed by atoms with van der Waals surface area (Å²) >= 11 is 0. The Morgan fingerprint density at radius 3 is 2.52 bits per heavy atom. The number of hydrogen-bond donors (Lipinski definition) is 0. The maximum atomic E-state index is 12.6. The fourth-order valence-electron chi connectivity index (χ4n) is 2.81. The van der Waals surface area contributed by atoms with E-state index in [-0.39, 0.29) is 5.91 Å². The van der Waals surface area contributed by atoms with Crippen molar-refractivity contribution in [1.29, 1.82) is 0 Å². The van der Waals surface area contributed by atoms with E-state index in [0.717, 1.165) is 5.82 Å². The molecular formula is C16H17N9O2. The smallest absolute Gasteiger partial charge is 0.274 e. The van der Waals surface area contributed by atoms with Crippen LogP contribution >= 0.6 is 0 Å². The minimum Gasteiger partial charge on any atom is -0.480 e. The van der Waals surface area contributed by atoms with Gasteiger partial charge in [0.1, 0.15) is 24.8 Å². The van der Waals surface area contributed by atoms with Gasteiger partial charge in [-0.05, 0) is 6.07 Å². The number of aromatic nitrogens is 7. The van der Waals surface area contributed by atoms with E-state index in [1.807, 2.05) is 6.07 Å². The van der Waals surface area contributed by atoms with Crippen LogP contribution in [-0.4, -0.2) is 79.0 Å². The summed E-state index contributed by atoms with van der Waals surface area (Å²) < 4.78 is 6.54. The molecule has 27 heavy (non-hydrogen) atoms. The molecule has 11 nitrogen and oxygen atoms in total. The lowest BCUT2D eigenvalue weighted by molar-refractivity contribution is 0.0739. The van der Waals surface area contributed by atoms with Crippen molar-refractivity contribution in [3.8, 4) is 11.7 Å². The fraction of sp³-hybridized carbons (Fsp3) is 0.312. The van der Waals surface area contributed by atoms with Crippen LogP contribution in [0.5, 0.6) is 5.88 Å². The molecule has 0 N–H and O–H groups in total. The number of nitrogens with zero attached hydrogens (tertiary/aromatic N) is 9. The predicted octanol–water partition coefficient (Wildman–Crippen LogP) is -0.182. The molecule has 4 heterocycles. The first-order chi connectivity index (χ1) is 13.2. The van der Waals surface area contributed by atoms with Gasteiger partial charge in [-0.2, -0.15) is 5.10 Å². The Morgan fingerprint density at radius 2 is 1.85 bits per heavy atom. The average Bonchev–Trinajstić information content (AvgIpc) is 3.29. The lowest BCUT2D eigenvalue weighted by Gasteiger charge is -2.35. The van der Waals surface area contributed by atoms with E-state index < -0.39 is 0 Å². The SMILES string of the molecule is COc1ccc(C(=O)N2CCN(c3cc(-n4cncn4)ncn3)CC2)nn1. The second-order valence-corrected chi connectivity index (χ2v) is 5.81. The molecule has 0 aromatic carbocycles. The number of ether oxygens (including phenoxy) is 1. The van der Waals surface area contributed by atoms with Crippen LogP contribution in [0.25, 0.3) is 5.82 Å². The van der Waals surface area contributed by atoms with Gasteiger partial charge in [0.25, 0.3) is 5.91 Å². The summed E-state index contributed by atoms with van der Waals surface area (Å²) in [7, 11) is 1.51. The highest BCUT2D eigenvalue weighted by atomic mass is 16.5. The van der Waals surface area contributed by atoms with Crippen molar-refractivity contribution in [3.05, 3.63) is 42.9 Å². The van der Waals surface area contributed by atoms with E-state index >= 15 is 0 Å². The second kappa shape index (κ2) is 7.32. The van der Waals surface area contributed by atoms with Gasteiger partial charge in [0, 0.05) is 38.3 Å². The third kappa shape index (κ3) is 3.52. The highest BCUT2D eigenvalue weighted by Gasteiger charge is 2.24. The van der Waals surface area contributed by atoms with E-state index in [4.69, 9.17) is 4.74 Å². The first-order valence-electron chi connectivity index (χ1n) is 8.33. The molecule has 0 atom stereocenters. The van der Waals surface area contributed by atoms with Crippen molar-refractivity contribution >= 4 is 11.7 Å². The van der Waals surface area contributed by atoms with Crippen LogP contribution in [0, 0.1) is 0 Å². The summed E-state index contributed by atoms with van der Waals surface area (Å²) in [6, 6.07) is 5.10. The number of piperazine rings is 1. The van der Waals surface area contributed by atoms with Crippen LogP contribution in [0.2, 0.25) is 0 Å². The standard InChI is InChI=1S/C16H17N9O2/c1-27-15-3-2-12(21-22-15)16(26)24-6-4-23(5-7-24)13-8-14(19-10-18-13)25-11-17-9-20-25/h2-3,8-11H,4-7H2,1H3. The molecule has 0 bridgehead atoms. The van der Waals surface area contributed by atoms with Crippen LogP contribution < -0.4 is 9.64 Å². The summed E-state index contributed by atoms with van der Waals surface area (Å²) in [5.41, 5.74) is 0.305. The van der Waals surface area contributed by atoms with Gasteiger partial charge in [0.05, 0.1) is 7.11 Å². The quantitative estimate of drug-likeness (QED) is 0.619. The first-order valence-corrected chi connectivity index (χ1v) is 8.33. The number of hydrogen-bond acceptors (Lipinski definition) is 9. The van der Waals surface area contributed by atoms with Gasteiger partial charge in [0.15, 0.2) is 11.5 Å². The molecule has 1 amide bonds. The summed E-state index contributed by atoms with van der Waals surface area (Å²) in [6.07, 6.45) is 4.53. The van der Waals surface area contributed by atoms with Crippen molar-refractivity contribution in [1.82, 2.24) is 39.8 Å². The molecule has 0 aliphatic carbocycles. The highest BCUT2D eigenvalue weighted by molar-refractivity contribution is 5.92. The first kappa shape index (κ1) is 16.8. The van der Waals surface area contributed by atoms with Crippen molar-refractivity contribution < 1.29 is 9.53 Å². The van der Waals surface area contributed by atoms with Gasteiger partial charge in [-0.1, -0.05) is 0 Å². The van der Waals surface area contributed by atoms with Crippen molar-refractivity contribution in [2.24, 2.45) is 0 Å². The maximum Gasteiger partial charge on any atom is 0.274 e. The molecule has 3 aromatic heterocycles. The Hall–Kier alpha value is -3.63. The second-order valence-electron chi connectivity index (χ2n) is 5.81. The molecular weight excluding hydrogens is 350 g/mol. The zero-order valence-corrected chi connectivity index (χ0v) is 14.6. The number of amides is 1. The monoisotopic (exact) mass is 367 g/mol. The number of carbonyl (C=O) groups excluding carboxylic acids is 1. The highest BCUT2D eigenvalue weighted by Crippen LogP contribution is 2.16. The molecule has 1 aliphatic heterocycles. The molecule has 3 aromatic rings. The molecule has 138 valence electrons. The summed E-state index contributed by atoms with van der Waals surface area (Å²) in [4.78, 5) is 28.9. The summed E-state index contributed by atoms with van der Waals surface area (Å²) in [6.45, 7) is 2.44. The maximum absolute atomic E-state index is 12.6. The van der Waals surface area contributed by atoms with Gasteiger partial charge < -0.3 is 14.5 Å². The minimum atomic E-state index is -0.143. The Balaban J connectivity index is 1.41. The number of methoxy groups -OCH3 is 1. The fourth-order valence-corrected chi connectivity index (χ4v) is 2.81. The third-order valence-electron chi connectivity index (χ3n) is 4.25. The lowest BCUT2D eigenvalue weighted by Crippen LogP contribution is -2.49. The van der Waals surface area contributed by atoms with E-state index in [2.05, 4.69) is 35.1 Å². The topological polar surface area (TPSA) is 115 Å². The normalized spacial score (nSPS) is 14.3. The van der Waals surface area contributed by atoms with Crippen LogP contribution in [-0.2, 0) is 0 Å². The number of anilines is 1. The van der Waals surface area contributed by atoms with Crippen LogP contribution in [0.3, 0.4) is 0 Å². The molecule has 1 aliphatic rings. The summed E-state index contributed by atoms with van der Waals surface area (Å²) in [5, 5.41) is 11.9. The largest absolute Gasteiger partial charge is 0.480 e. The van der Waals surface area contributed by atoms with Gasteiger partial charge in [0.2, 0.25) is 5.88 Å². The van der Waals surface area contributed by atoms with E-state index in [0.29, 0.717) is 43.6 Å². The Morgan fingerprint density at radius 1 is 1.04 bits per heavy atom.